The first kappa shape index (κ1) is 15.3. The Morgan fingerprint density at radius 1 is 1.07 bits per heavy atom. The topological polar surface area (TPSA) is 18.5 Å². The first-order chi connectivity index (χ1) is 6.76. The Bertz CT molecular complexity index is 209. The van der Waals surface area contributed by atoms with E-state index in [1.807, 2.05) is 11.4 Å². The summed E-state index contributed by atoms with van der Waals surface area (Å²) in [6, 6.07) is 0. The standard InChI is InChI=1S/C9H21ClO2Si3/c1-7-14(3,4)11-9(13-10)12-15(5,6)8-2/h7-9H,1-2,13H2,3-6H3. The van der Waals surface area contributed by atoms with Crippen LogP contribution in [0, 0.1) is 0 Å². The van der Waals surface area contributed by atoms with Gasteiger partial charge in [0.2, 0.25) is 16.6 Å². The van der Waals surface area contributed by atoms with E-state index in [0.29, 0.717) is 0 Å². The minimum absolute atomic E-state index is 0.203. The second-order valence-electron chi connectivity index (χ2n) is 4.43. The quantitative estimate of drug-likeness (QED) is 0.405. The maximum absolute atomic E-state index is 5.96. The zero-order chi connectivity index (χ0) is 12.1. The molecule has 0 aromatic carbocycles. The molecule has 0 unspecified atom stereocenters. The normalized spacial score (nSPS) is 13.7. The van der Waals surface area contributed by atoms with Crippen molar-refractivity contribution in [3.05, 3.63) is 24.6 Å². The Hall–Kier alpha value is 0.341. The molecule has 0 aromatic heterocycles. The Labute approximate surface area is 102 Å². The van der Waals surface area contributed by atoms with Crippen LogP contribution in [-0.4, -0.2) is 31.4 Å². The third kappa shape index (κ3) is 6.49. The van der Waals surface area contributed by atoms with Gasteiger partial charge in [0.05, 0.1) is 0 Å². The van der Waals surface area contributed by atoms with Gasteiger partial charge in [0.15, 0.2) is 8.83 Å². The Balaban J connectivity index is 4.39. The highest BCUT2D eigenvalue weighted by Gasteiger charge is 2.28. The van der Waals surface area contributed by atoms with Crippen molar-refractivity contribution in [2.45, 2.75) is 32.1 Å². The molecule has 88 valence electrons. The first-order valence-electron chi connectivity index (χ1n) is 4.95. The summed E-state index contributed by atoms with van der Waals surface area (Å²) in [6.07, 6.45) is 0. The minimum atomic E-state index is -1.80. The molecule has 0 N–H and O–H groups in total. The van der Waals surface area contributed by atoms with Crippen molar-refractivity contribution in [2.24, 2.45) is 0 Å². The van der Waals surface area contributed by atoms with Crippen molar-refractivity contribution in [3.63, 3.8) is 0 Å². The molecule has 0 radical (unpaired) electrons. The van der Waals surface area contributed by atoms with E-state index in [1.165, 1.54) is 0 Å². The molecule has 6 heteroatoms. The summed E-state index contributed by atoms with van der Waals surface area (Å²) in [4.78, 5) is 0. The number of halogens is 1. The van der Waals surface area contributed by atoms with Crippen LogP contribution in [0.25, 0.3) is 0 Å². The maximum atomic E-state index is 5.96. The molecule has 0 aliphatic carbocycles. The molecule has 0 saturated carbocycles. The lowest BCUT2D eigenvalue weighted by atomic mass is 11.3. The van der Waals surface area contributed by atoms with Gasteiger partial charge < -0.3 is 8.85 Å². The average Bonchev–Trinajstić information content (AvgIpc) is 2.16. The lowest BCUT2D eigenvalue weighted by Gasteiger charge is -2.30. The second-order valence-corrected chi connectivity index (χ2v) is 14.0. The molecule has 0 aliphatic heterocycles. The first-order valence-corrected chi connectivity index (χ1v) is 13.9. The summed E-state index contributed by atoms with van der Waals surface area (Å²) in [7, 11) is -4.44. The fourth-order valence-corrected chi connectivity index (χ4v) is 6.82. The molecule has 0 bridgehead atoms. The van der Waals surface area contributed by atoms with Crippen LogP contribution in [0.15, 0.2) is 24.6 Å². The van der Waals surface area contributed by atoms with E-state index in [9.17, 15) is 0 Å². The van der Waals surface area contributed by atoms with Gasteiger partial charge in [0, 0.05) is 0 Å². The third-order valence-corrected chi connectivity index (χ3v) is 7.69. The fraction of sp³-hybridized carbons (Fsp3) is 0.556. The van der Waals surface area contributed by atoms with Crippen LogP contribution in [-0.2, 0) is 8.85 Å². The molecule has 0 rings (SSSR count). The monoisotopic (exact) mass is 280 g/mol. The van der Waals surface area contributed by atoms with Crippen molar-refractivity contribution in [1.29, 1.82) is 0 Å². The van der Waals surface area contributed by atoms with Crippen LogP contribution >= 0.6 is 11.1 Å². The maximum Gasteiger partial charge on any atom is 0.213 e. The highest BCUT2D eigenvalue weighted by Crippen LogP contribution is 2.15. The van der Waals surface area contributed by atoms with Gasteiger partial charge in [-0.2, -0.15) is 11.1 Å². The minimum Gasteiger partial charge on any atom is -0.392 e. The second kappa shape index (κ2) is 6.17. The smallest absolute Gasteiger partial charge is 0.213 e. The highest BCUT2D eigenvalue weighted by atomic mass is 35.6. The van der Waals surface area contributed by atoms with Gasteiger partial charge in [-0.3, -0.25) is 0 Å². The van der Waals surface area contributed by atoms with E-state index in [1.54, 1.807) is 0 Å². The van der Waals surface area contributed by atoms with Gasteiger partial charge in [-0.1, -0.05) is 11.4 Å². The number of rotatable bonds is 7. The molecule has 0 amide bonds. The molecule has 0 aromatic rings. The van der Waals surface area contributed by atoms with E-state index in [4.69, 9.17) is 19.9 Å². The van der Waals surface area contributed by atoms with Crippen molar-refractivity contribution in [2.75, 3.05) is 0 Å². The van der Waals surface area contributed by atoms with Crippen LogP contribution < -0.4 is 0 Å². The summed E-state index contributed by atoms with van der Waals surface area (Å²) in [5.41, 5.74) is 3.79. The summed E-state index contributed by atoms with van der Waals surface area (Å²) in [6.45, 7) is 15.9. The predicted octanol–water partition coefficient (Wildman–Crippen LogP) is 2.49. The molecule has 0 atom stereocenters. The van der Waals surface area contributed by atoms with E-state index in [2.05, 4.69) is 39.3 Å². The Morgan fingerprint density at radius 3 is 1.60 bits per heavy atom. The predicted molar refractivity (Wildman–Crippen MR) is 75.7 cm³/mol. The lowest BCUT2D eigenvalue weighted by molar-refractivity contribution is 0.0654. The molecular weight excluding hydrogens is 260 g/mol. The Morgan fingerprint density at radius 2 is 1.40 bits per heavy atom. The zero-order valence-electron chi connectivity index (χ0n) is 10.0. The zero-order valence-corrected chi connectivity index (χ0v) is 14.2. The molecule has 0 spiro atoms. The van der Waals surface area contributed by atoms with Gasteiger partial charge >= 0.3 is 0 Å². The highest BCUT2D eigenvalue weighted by molar-refractivity contribution is 6.95. The fourth-order valence-electron chi connectivity index (χ4n) is 0.861. The van der Waals surface area contributed by atoms with Gasteiger partial charge in [-0.15, -0.1) is 13.2 Å². The lowest BCUT2D eigenvalue weighted by Crippen LogP contribution is -2.43. The molecule has 0 fully saturated rings. The van der Waals surface area contributed by atoms with Crippen LogP contribution in [0.3, 0.4) is 0 Å². The van der Waals surface area contributed by atoms with E-state index < -0.39 is 25.5 Å². The summed E-state index contributed by atoms with van der Waals surface area (Å²) >= 11 is 5.96. The number of hydrogen-bond donors (Lipinski definition) is 0. The molecule has 0 saturated heterocycles. The average molecular weight is 281 g/mol. The molecule has 2 nitrogen and oxygen atoms in total. The number of hydrogen-bond acceptors (Lipinski definition) is 2. The molecule has 0 heterocycles. The van der Waals surface area contributed by atoms with Crippen molar-refractivity contribution >= 4 is 36.5 Å². The van der Waals surface area contributed by atoms with Gasteiger partial charge in [0.25, 0.3) is 0 Å². The van der Waals surface area contributed by atoms with E-state index in [0.717, 1.165) is 0 Å². The van der Waals surface area contributed by atoms with Crippen molar-refractivity contribution < 1.29 is 8.85 Å². The van der Waals surface area contributed by atoms with Crippen LogP contribution in [0.4, 0.5) is 0 Å². The van der Waals surface area contributed by atoms with Crippen LogP contribution in [0.1, 0.15) is 0 Å². The van der Waals surface area contributed by atoms with Gasteiger partial charge in [0.1, 0.15) is 5.91 Å². The van der Waals surface area contributed by atoms with Gasteiger partial charge in [-0.05, 0) is 26.2 Å². The van der Waals surface area contributed by atoms with Crippen molar-refractivity contribution in [3.8, 4) is 0 Å². The van der Waals surface area contributed by atoms with Gasteiger partial charge in [-0.25, -0.2) is 0 Å². The third-order valence-electron chi connectivity index (χ3n) is 1.98. The molecule has 0 aliphatic rings. The largest absolute Gasteiger partial charge is 0.392 e. The summed E-state index contributed by atoms with van der Waals surface area (Å²) < 4.78 is 11.8. The van der Waals surface area contributed by atoms with Crippen LogP contribution in [0.5, 0.6) is 0 Å². The Kier molecular flexibility index (Phi) is 6.31. The van der Waals surface area contributed by atoms with E-state index in [-0.39, 0.29) is 5.91 Å². The molecular formula is C9H21ClO2Si3. The summed E-state index contributed by atoms with van der Waals surface area (Å²) in [5, 5.41) is 0. The van der Waals surface area contributed by atoms with Crippen LogP contribution in [0.2, 0.25) is 26.2 Å². The summed E-state index contributed by atoms with van der Waals surface area (Å²) in [5.74, 6) is -0.203. The van der Waals surface area contributed by atoms with E-state index >= 15 is 0 Å². The van der Waals surface area contributed by atoms with Crippen molar-refractivity contribution in [1.82, 2.24) is 0 Å². The SMILES string of the molecule is C=C[Si](C)(C)OC(O[Si](C)(C)C=C)[SiH2]Cl. The molecule has 15 heavy (non-hydrogen) atoms.